The van der Waals surface area contributed by atoms with Crippen LogP contribution < -0.4 is 0 Å². The third-order valence-electron chi connectivity index (χ3n) is 4.02. The van der Waals surface area contributed by atoms with E-state index < -0.39 is 0 Å². The molecule has 0 amide bonds. The molecule has 88 valence electrons. The van der Waals surface area contributed by atoms with Crippen molar-refractivity contribution in [1.29, 1.82) is 0 Å². The highest BCUT2D eigenvalue weighted by molar-refractivity contribution is 6.22. The summed E-state index contributed by atoms with van der Waals surface area (Å²) in [7, 11) is 0. The van der Waals surface area contributed by atoms with E-state index in [1.165, 1.54) is 38.1 Å². The Labute approximate surface area is 109 Å². The number of rotatable bonds is 0. The first kappa shape index (κ1) is 9.34. The highest BCUT2D eigenvalue weighted by atomic mass is 14.9. The summed E-state index contributed by atoms with van der Waals surface area (Å²) in [6.07, 6.45) is 3.83. The summed E-state index contributed by atoms with van der Waals surface area (Å²) in [4.78, 5) is 4.27. The maximum Gasteiger partial charge on any atom is 0.0621 e. The van der Waals surface area contributed by atoms with Crippen molar-refractivity contribution in [3.05, 3.63) is 60.9 Å². The van der Waals surface area contributed by atoms with Gasteiger partial charge in [0.05, 0.1) is 16.6 Å². The number of hydrogen-bond acceptors (Lipinski definition) is 1. The molecule has 0 aliphatic heterocycles. The van der Waals surface area contributed by atoms with Crippen molar-refractivity contribution in [1.82, 2.24) is 9.38 Å². The van der Waals surface area contributed by atoms with Crippen LogP contribution in [-0.2, 0) is 0 Å². The Bertz CT molecular complexity index is 976. The third-order valence-corrected chi connectivity index (χ3v) is 4.02. The fraction of sp³-hybridized carbons (Fsp3) is 0. The van der Waals surface area contributed by atoms with E-state index in [4.69, 9.17) is 0 Å². The molecule has 5 aromatic rings. The average molecular weight is 242 g/mol. The first-order chi connectivity index (χ1) is 9.45. The molecule has 0 unspecified atom stereocenters. The summed E-state index contributed by atoms with van der Waals surface area (Å²) in [5.74, 6) is 0. The monoisotopic (exact) mass is 242 g/mol. The topological polar surface area (TPSA) is 17.3 Å². The summed E-state index contributed by atoms with van der Waals surface area (Å²) in [6.45, 7) is 0. The molecular formula is C17H10N2. The van der Waals surface area contributed by atoms with E-state index in [9.17, 15) is 0 Å². The number of aromatic nitrogens is 2. The summed E-state index contributed by atoms with van der Waals surface area (Å²) in [5, 5.41) is 5.16. The standard InChI is InChI=1S/C17H10N2/c1-2-7-15-11(4-1)12-5-3-6-13-14-10-18-9-8-16(14)19(15)17(12)13/h1-10H. The van der Waals surface area contributed by atoms with E-state index in [2.05, 4.69) is 57.9 Å². The van der Waals surface area contributed by atoms with Gasteiger partial charge in [0.15, 0.2) is 0 Å². The number of hydrogen-bond donors (Lipinski definition) is 0. The fourth-order valence-corrected chi connectivity index (χ4v) is 3.28. The summed E-state index contributed by atoms with van der Waals surface area (Å²) < 4.78 is 2.36. The van der Waals surface area contributed by atoms with Crippen molar-refractivity contribution in [3.63, 3.8) is 0 Å². The Morgan fingerprint density at radius 2 is 1.42 bits per heavy atom. The highest BCUT2D eigenvalue weighted by Crippen LogP contribution is 2.37. The van der Waals surface area contributed by atoms with Gasteiger partial charge in [0.25, 0.3) is 0 Å². The van der Waals surface area contributed by atoms with E-state index in [0.29, 0.717) is 0 Å². The molecule has 0 spiro atoms. The quantitative estimate of drug-likeness (QED) is 0.397. The van der Waals surface area contributed by atoms with Crippen LogP contribution in [0.1, 0.15) is 0 Å². The molecule has 19 heavy (non-hydrogen) atoms. The lowest BCUT2D eigenvalue weighted by atomic mass is 10.1. The van der Waals surface area contributed by atoms with Gasteiger partial charge in [-0.2, -0.15) is 0 Å². The number of nitrogens with zero attached hydrogens (tertiary/aromatic N) is 2. The molecule has 0 aliphatic rings. The van der Waals surface area contributed by atoms with E-state index >= 15 is 0 Å². The van der Waals surface area contributed by atoms with Crippen LogP contribution in [0, 0.1) is 0 Å². The number of pyridine rings is 1. The molecule has 0 saturated heterocycles. The van der Waals surface area contributed by atoms with Crippen molar-refractivity contribution >= 4 is 38.1 Å². The van der Waals surface area contributed by atoms with Gasteiger partial charge in [0.1, 0.15) is 0 Å². The van der Waals surface area contributed by atoms with Crippen LogP contribution in [0.2, 0.25) is 0 Å². The van der Waals surface area contributed by atoms with Crippen LogP contribution in [-0.4, -0.2) is 9.38 Å². The van der Waals surface area contributed by atoms with Crippen LogP contribution in [0.3, 0.4) is 0 Å². The molecule has 0 N–H and O–H groups in total. The minimum Gasteiger partial charge on any atom is -0.308 e. The van der Waals surface area contributed by atoms with E-state index in [-0.39, 0.29) is 0 Å². The molecule has 0 bridgehead atoms. The smallest absolute Gasteiger partial charge is 0.0621 e. The van der Waals surface area contributed by atoms with Crippen molar-refractivity contribution in [3.8, 4) is 0 Å². The van der Waals surface area contributed by atoms with Gasteiger partial charge in [-0.15, -0.1) is 0 Å². The SMILES string of the molecule is c1ccc2c(c1)c1cccc3c4cnccc4n2c13. The van der Waals surface area contributed by atoms with Crippen LogP contribution in [0.15, 0.2) is 60.9 Å². The minimum absolute atomic E-state index is 1.23. The zero-order valence-corrected chi connectivity index (χ0v) is 10.2. The molecule has 2 nitrogen and oxygen atoms in total. The maximum absolute atomic E-state index is 4.27. The first-order valence-electron chi connectivity index (χ1n) is 6.42. The number of fused-ring (bicyclic) bond motifs is 6. The molecule has 0 aliphatic carbocycles. The largest absolute Gasteiger partial charge is 0.308 e. The molecule has 0 atom stereocenters. The second-order valence-electron chi connectivity index (χ2n) is 4.95. The van der Waals surface area contributed by atoms with Gasteiger partial charge in [0.2, 0.25) is 0 Å². The second-order valence-corrected chi connectivity index (χ2v) is 4.95. The molecule has 2 heteroatoms. The lowest BCUT2D eigenvalue weighted by molar-refractivity contribution is 1.32. The zero-order valence-electron chi connectivity index (χ0n) is 10.2. The summed E-state index contributed by atoms with van der Waals surface area (Å²) >= 11 is 0. The van der Waals surface area contributed by atoms with Gasteiger partial charge >= 0.3 is 0 Å². The maximum atomic E-state index is 4.27. The molecular weight excluding hydrogens is 232 g/mol. The Morgan fingerprint density at radius 3 is 2.37 bits per heavy atom. The molecule has 0 radical (unpaired) electrons. The third kappa shape index (κ3) is 0.968. The number of para-hydroxylation sites is 2. The van der Waals surface area contributed by atoms with Crippen molar-refractivity contribution in [2.45, 2.75) is 0 Å². The van der Waals surface area contributed by atoms with E-state index in [1.807, 2.05) is 12.4 Å². The normalized spacial score (nSPS) is 12.2. The van der Waals surface area contributed by atoms with Gasteiger partial charge in [0, 0.05) is 33.9 Å². The average Bonchev–Trinajstić information content (AvgIpc) is 2.99. The molecule has 2 aromatic carbocycles. The molecule has 5 rings (SSSR count). The lowest BCUT2D eigenvalue weighted by Gasteiger charge is -1.95. The second kappa shape index (κ2) is 3.04. The predicted octanol–water partition coefficient (Wildman–Crippen LogP) is 4.23. The highest BCUT2D eigenvalue weighted by Gasteiger charge is 2.15. The lowest BCUT2D eigenvalue weighted by Crippen LogP contribution is -1.79. The number of benzene rings is 2. The minimum atomic E-state index is 1.23. The Morgan fingerprint density at radius 1 is 0.684 bits per heavy atom. The first-order valence-corrected chi connectivity index (χ1v) is 6.42. The molecule has 3 heterocycles. The van der Waals surface area contributed by atoms with Crippen molar-refractivity contribution in [2.75, 3.05) is 0 Å². The molecule has 3 aromatic heterocycles. The van der Waals surface area contributed by atoms with E-state index in [0.717, 1.165) is 0 Å². The van der Waals surface area contributed by atoms with Gasteiger partial charge in [-0.3, -0.25) is 4.98 Å². The summed E-state index contributed by atoms with van der Waals surface area (Å²) in [5.41, 5.74) is 3.82. The van der Waals surface area contributed by atoms with E-state index in [1.54, 1.807) is 0 Å². The Kier molecular flexibility index (Phi) is 1.49. The fourth-order valence-electron chi connectivity index (χ4n) is 3.28. The predicted molar refractivity (Wildman–Crippen MR) is 78.9 cm³/mol. The van der Waals surface area contributed by atoms with Gasteiger partial charge < -0.3 is 4.40 Å². The zero-order chi connectivity index (χ0) is 12.4. The van der Waals surface area contributed by atoms with Gasteiger partial charge in [-0.1, -0.05) is 36.4 Å². The Hall–Kier alpha value is -2.61. The van der Waals surface area contributed by atoms with Crippen LogP contribution in [0.5, 0.6) is 0 Å². The van der Waals surface area contributed by atoms with Crippen molar-refractivity contribution in [2.24, 2.45) is 0 Å². The van der Waals surface area contributed by atoms with Crippen LogP contribution in [0.4, 0.5) is 0 Å². The van der Waals surface area contributed by atoms with Gasteiger partial charge in [-0.25, -0.2) is 0 Å². The van der Waals surface area contributed by atoms with Crippen molar-refractivity contribution < 1.29 is 0 Å². The van der Waals surface area contributed by atoms with Crippen LogP contribution >= 0.6 is 0 Å². The molecule has 0 fully saturated rings. The molecule has 0 saturated carbocycles. The van der Waals surface area contributed by atoms with Crippen LogP contribution in [0.25, 0.3) is 38.1 Å². The Balaban J connectivity index is 2.32. The van der Waals surface area contributed by atoms with Gasteiger partial charge in [-0.05, 0) is 12.1 Å². The summed E-state index contributed by atoms with van der Waals surface area (Å²) in [6, 6.07) is 17.2.